The molecule has 1 rings (SSSR count). The zero-order valence-corrected chi connectivity index (χ0v) is 9.15. The van der Waals surface area contributed by atoms with Gasteiger partial charge in [-0.2, -0.15) is 0 Å². The summed E-state index contributed by atoms with van der Waals surface area (Å²) in [5.74, 6) is 0. The van der Waals surface area contributed by atoms with Crippen LogP contribution in [0.5, 0.6) is 0 Å². The first-order chi connectivity index (χ1) is 7.15. The minimum absolute atomic E-state index is 0.254. The van der Waals surface area contributed by atoms with Crippen LogP contribution >= 0.6 is 0 Å². The maximum absolute atomic E-state index is 13.8. The summed E-state index contributed by atoms with van der Waals surface area (Å²) in [7, 11) is 1.72. The summed E-state index contributed by atoms with van der Waals surface area (Å²) in [5, 5.41) is 0. The van der Waals surface area contributed by atoms with E-state index in [4.69, 9.17) is 6.42 Å². The molecule has 0 saturated heterocycles. The molecular weight excluding hydrogens is 189 g/mol. The third-order valence-electron chi connectivity index (χ3n) is 2.61. The lowest BCUT2D eigenvalue weighted by Gasteiger charge is -2.23. The number of terminal acetylenes is 1. The molecule has 0 aromatic heterocycles. The SMILES string of the molecule is C#CN(C)C(C)C(F)Cc1ccccc1. The molecule has 0 radical (unpaired) electrons. The summed E-state index contributed by atoms with van der Waals surface area (Å²) < 4.78 is 13.8. The van der Waals surface area contributed by atoms with Gasteiger partial charge in [-0.1, -0.05) is 36.8 Å². The molecule has 0 aliphatic heterocycles. The zero-order chi connectivity index (χ0) is 11.3. The standard InChI is InChI=1S/C13H16FN/c1-4-15(3)11(2)13(14)10-12-8-6-5-7-9-12/h1,5-9,11,13H,10H2,2-3H3. The van der Waals surface area contributed by atoms with Crippen molar-refractivity contribution in [3.05, 3.63) is 35.9 Å². The van der Waals surface area contributed by atoms with Crippen LogP contribution in [-0.4, -0.2) is 24.2 Å². The Morgan fingerprint density at radius 2 is 2.00 bits per heavy atom. The monoisotopic (exact) mass is 205 g/mol. The minimum atomic E-state index is -0.937. The molecule has 80 valence electrons. The van der Waals surface area contributed by atoms with Gasteiger partial charge in [-0.15, -0.1) is 0 Å². The second kappa shape index (κ2) is 5.41. The molecule has 2 unspecified atom stereocenters. The fourth-order valence-corrected chi connectivity index (χ4v) is 1.37. The van der Waals surface area contributed by atoms with E-state index < -0.39 is 6.17 Å². The van der Waals surface area contributed by atoms with Crippen molar-refractivity contribution in [2.24, 2.45) is 0 Å². The van der Waals surface area contributed by atoms with E-state index in [9.17, 15) is 4.39 Å². The van der Waals surface area contributed by atoms with E-state index in [-0.39, 0.29) is 6.04 Å². The highest BCUT2D eigenvalue weighted by molar-refractivity contribution is 5.16. The van der Waals surface area contributed by atoms with Crippen molar-refractivity contribution < 1.29 is 4.39 Å². The van der Waals surface area contributed by atoms with Crippen molar-refractivity contribution in [1.82, 2.24) is 4.90 Å². The number of nitrogens with zero attached hydrogens (tertiary/aromatic N) is 1. The van der Waals surface area contributed by atoms with E-state index in [1.54, 1.807) is 18.9 Å². The van der Waals surface area contributed by atoms with Crippen LogP contribution in [0.4, 0.5) is 4.39 Å². The minimum Gasteiger partial charge on any atom is -0.330 e. The lowest BCUT2D eigenvalue weighted by atomic mass is 10.0. The first-order valence-corrected chi connectivity index (χ1v) is 5.02. The van der Waals surface area contributed by atoms with Crippen LogP contribution in [0.2, 0.25) is 0 Å². The van der Waals surface area contributed by atoms with Crippen molar-refractivity contribution in [2.75, 3.05) is 7.05 Å². The highest BCUT2D eigenvalue weighted by Crippen LogP contribution is 2.12. The summed E-state index contributed by atoms with van der Waals surface area (Å²) >= 11 is 0. The molecule has 0 aliphatic carbocycles. The predicted molar refractivity (Wildman–Crippen MR) is 61.1 cm³/mol. The highest BCUT2D eigenvalue weighted by atomic mass is 19.1. The van der Waals surface area contributed by atoms with Crippen LogP contribution in [-0.2, 0) is 6.42 Å². The molecule has 0 bridgehead atoms. The Morgan fingerprint density at radius 3 is 2.53 bits per heavy atom. The van der Waals surface area contributed by atoms with Crippen LogP contribution in [0.3, 0.4) is 0 Å². The molecule has 0 heterocycles. The quantitative estimate of drug-likeness (QED) is 0.539. The van der Waals surface area contributed by atoms with Crippen LogP contribution in [0.1, 0.15) is 12.5 Å². The van der Waals surface area contributed by atoms with E-state index >= 15 is 0 Å². The van der Waals surface area contributed by atoms with Gasteiger partial charge >= 0.3 is 0 Å². The second-order valence-electron chi connectivity index (χ2n) is 3.69. The number of benzene rings is 1. The molecule has 15 heavy (non-hydrogen) atoms. The molecule has 1 nitrogen and oxygen atoms in total. The van der Waals surface area contributed by atoms with Crippen LogP contribution < -0.4 is 0 Å². The van der Waals surface area contributed by atoms with Gasteiger partial charge in [0.25, 0.3) is 0 Å². The number of hydrogen-bond acceptors (Lipinski definition) is 1. The molecule has 2 heteroatoms. The second-order valence-corrected chi connectivity index (χ2v) is 3.69. The van der Waals surface area contributed by atoms with E-state index in [0.29, 0.717) is 6.42 Å². The van der Waals surface area contributed by atoms with E-state index in [1.165, 1.54) is 0 Å². The van der Waals surface area contributed by atoms with Gasteiger partial charge in [0.05, 0.1) is 6.04 Å². The highest BCUT2D eigenvalue weighted by Gasteiger charge is 2.19. The summed E-state index contributed by atoms with van der Waals surface area (Å²) in [4.78, 5) is 1.56. The number of halogens is 1. The topological polar surface area (TPSA) is 3.24 Å². The molecule has 2 atom stereocenters. The van der Waals surface area contributed by atoms with Crippen molar-refractivity contribution in [3.63, 3.8) is 0 Å². The van der Waals surface area contributed by atoms with Gasteiger partial charge in [-0.3, -0.25) is 0 Å². The fraction of sp³-hybridized carbons (Fsp3) is 0.385. The Bertz CT molecular complexity index is 328. The number of alkyl halides is 1. The first kappa shape index (κ1) is 11.6. The molecule has 0 fully saturated rings. The first-order valence-electron chi connectivity index (χ1n) is 5.02. The third-order valence-corrected chi connectivity index (χ3v) is 2.61. The van der Waals surface area contributed by atoms with Crippen molar-refractivity contribution in [2.45, 2.75) is 25.6 Å². The zero-order valence-electron chi connectivity index (χ0n) is 9.15. The van der Waals surface area contributed by atoms with Gasteiger partial charge in [-0.25, -0.2) is 4.39 Å². The average molecular weight is 205 g/mol. The molecule has 0 spiro atoms. The van der Waals surface area contributed by atoms with Crippen molar-refractivity contribution in [3.8, 4) is 12.5 Å². The van der Waals surface area contributed by atoms with E-state index in [2.05, 4.69) is 6.04 Å². The summed E-state index contributed by atoms with van der Waals surface area (Å²) in [6, 6.07) is 11.8. The lowest BCUT2D eigenvalue weighted by Crippen LogP contribution is -2.34. The Labute approximate surface area is 90.9 Å². The number of hydrogen-bond donors (Lipinski definition) is 0. The molecule has 1 aromatic rings. The molecular formula is C13H16FN. The molecule has 0 saturated carbocycles. The van der Waals surface area contributed by atoms with Gasteiger partial charge in [-0.05, 0) is 12.5 Å². The van der Waals surface area contributed by atoms with E-state index in [1.807, 2.05) is 30.3 Å². The Morgan fingerprint density at radius 1 is 1.40 bits per heavy atom. The van der Waals surface area contributed by atoms with Crippen molar-refractivity contribution >= 4 is 0 Å². The predicted octanol–water partition coefficient (Wildman–Crippen LogP) is 2.48. The maximum atomic E-state index is 13.8. The van der Waals surface area contributed by atoms with Gasteiger partial charge in [0.2, 0.25) is 0 Å². The van der Waals surface area contributed by atoms with E-state index in [0.717, 1.165) is 5.56 Å². The van der Waals surface area contributed by atoms with Crippen LogP contribution in [0, 0.1) is 12.5 Å². The van der Waals surface area contributed by atoms with Gasteiger partial charge in [0.15, 0.2) is 0 Å². The molecule has 0 N–H and O–H groups in total. The third kappa shape index (κ3) is 3.28. The molecule has 0 aliphatic rings. The normalized spacial score (nSPS) is 14.0. The van der Waals surface area contributed by atoms with Gasteiger partial charge in [0, 0.05) is 19.5 Å². The summed E-state index contributed by atoms with van der Waals surface area (Å²) in [6.45, 7) is 1.80. The fourth-order valence-electron chi connectivity index (χ4n) is 1.37. The summed E-state index contributed by atoms with van der Waals surface area (Å²) in [5.41, 5.74) is 1.00. The smallest absolute Gasteiger partial charge is 0.125 e. The van der Waals surface area contributed by atoms with Crippen LogP contribution in [0.15, 0.2) is 30.3 Å². The Balaban J connectivity index is 2.57. The van der Waals surface area contributed by atoms with Gasteiger partial charge < -0.3 is 4.90 Å². The molecule has 0 amide bonds. The number of rotatable bonds is 4. The average Bonchev–Trinajstić information content (AvgIpc) is 2.28. The molecule has 1 aromatic carbocycles. The van der Waals surface area contributed by atoms with Crippen LogP contribution in [0.25, 0.3) is 0 Å². The summed E-state index contributed by atoms with van der Waals surface area (Å²) in [6.07, 6.45) is 4.69. The Kier molecular flexibility index (Phi) is 4.17. The van der Waals surface area contributed by atoms with Gasteiger partial charge in [0.1, 0.15) is 6.17 Å². The maximum Gasteiger partial charge on any atom is 0.125 e. The lowest BCUT2D eigenvalue weighted by molar-refractivity contribution is 0.196. The Hall–Kier alpha value is -1.49. The largest absolute Gasteiger partial charge is 0.330 e. The van der Waals surface area contributed by atoms with Crippen molar-refractivity contribution in [1.29, 1.82) is 0 Å².